The van der Waals surface area contributed by atoms with Crippen molar-refractivity contribution in [3.63, 3.8) is 0 Å². The molecular weight excluding hydrogens is 180 g/mol. The van der Waals surface area contributed by atoms with Crippen molar-refractivity contribution in [2.24, 2.45) is 0 Å². The summed E-state index contributed by atoms with van der Waals surface area (Å²) in [6, 6.07) is 4.97. The van der Waals surface area contributed by atoms with E-state index in [0.29, 0.717) is 0 Å². The smallest absolute Gasteiger partial charge is 0.331 e. The third kappa shape index (κ3) is 2.36. The Bertz CT molecular complexity index is 392. The highest BCUT2D eigenvalue weighted by Gasteiger charge is 2.01. The predicted octanol–water partition coefficient (Wildman–Crippen LogP) is 2.19. The number of rotatable bonds is 2. The molecule has 0 radical (unpaired) electrons. The summed E-state index contributed by atoms with van der Waals surface area (Å²) in [5.41, 5.74) is 1.78. The molecule has 0 aliphatic rings. The lowest BCUT2D eigenvalue weighted by atomic mass is 10.1. The van der Waals surface area contributed by atoms with Gasteiger partial charge in [-0.15, -0.1) is 0 Å². The van der Waals surface area contributed by atoms with E-state index in [1.807, 2.05) is 0 Å². The van der Waals surface area contributed by atoms with Gasteiger partial charge in [-0.05, 0) is 43.2 Å². The minimum atomic E-state index is -0.935. The molecule has 0 saturated heterocycles. The molecule has 0 aliphatic heterocycles. The van der Waals surface area contributed by atoms with Crippen LogP contribution in [-0.4, -0.2) is 16.2 Å². The molecule has 0 aromatic heterocycles. The average molecular weight is 192 g/mol. The zero-order valence-corrected chi connectivity index (χ0v) is 8.11. The van der Waals surface area contributed by atoms with Gasteiger partial charge in [-0.3, -0.25) is 0 Å². The Balaban J connectivity index is 3.04. The predicted molar refractivity (Wildman–Crippen MR) is 54.1 cm³/mol. The molecule has 1 aromatic rings. The fourth-order valence-corrected chi connectivity index (χ4v) is 1.08. The molecule has 0 saturated carbocycles. The van der Waals surface area contributed by atoms with Gasteiger partial charge in [-0.25, -0.2) is 4.79 Å². The molecule has 2 N–H and O–H groups in total. The molecule has 0 fully saturated rings. The first-order valence-corrected chi connectivity index (χ1v) is 4.22. The van der Waals surface area contributed by atoms with E-state index in [4.69, 9.17) is 5.11 Å². The van der Waals surface area contributed by atoms with Crippen LogP contribution >= 0.6 is 0 Å². The van der Waals surface area contributed by atoms with E-state index in [-0.39, 0.29) is 11.3 Å². The molecule has 0 heterocycles. The van der Waals surface area contributed by atoms with Crippen molar-refractivity contribution in [2.45, 2.75) is 13.8 Å². The van der Waals surface area contributed by atoms with Gasteiger partial charge in [0.15, 0.2) is 0 Å². The normalized spacial score (nSPS) is 11.4. The van der Waals surface area contributed by atoms with Crippen LogP contribution in [0.2, 0.25) is 0 Å². The Labute approximate surface area is 82.3 Å². The highest BCUT2D eigenvalue weighted by atomic mass is 16.4. The van der Waals surface area contributed by atoms with Gasteiger partial charge in [0.2, 0.25) is 0 Å². The third-order valence-electron chi connectivity index (χ3n) is 1.94. The van der Waals surface area contributed by atoms with Gasteiger partial charge in [-0.2, -0.15) is 0 Å². The van der Waals surface area contributed by atoms with Crippen molar-refractivity contribution in [1.29, 1.82) is 0 Å². The van der Waals surface area contributed by atoms with E-state index in [9.17, 15) is 9.90 Å². The monoisotopic (exact) mass is 192 g/mol. The topological polar surface area (TPSA) is 57.5 Å². The summed E-state index contributed by atoms with van der Waals surface area (Å²) in [5.74, 6) is -0.717. The summed E-state index contributed by atoms with van der Waals surface area (Å²) in [6.45, 7) is 3.30. The van der Waals surface area contributed by atoms with Crippen molar-refractivity contribution in [2.75, 3.05) is 0 Å². The van der Waals surface area contributed by atoms with Gasteiger partial charge in [0, 0.05) is 5.57 Å². The maximum absolute atomic E-state index is 10.5. The Morgan fingerprint density at radius 3 is 2.57 bits per heavy atom. The molecule has 3 nitrogen and oxygen atoms in total. The highest BCUT2D eigenvalue weighted by Crippen LogP contribution is 2.18. The second-order valence-corrected chi connectivity index (χ2v) is 3.18. The van der Waals surface area contributed by atoms with Crippen molar-refractivity contribution in [1.82, 2.24) is 0 Å². The van der Waals surface area contributed by atoms with E-state index in [0.717, 1.165) is 11.1 Å². The molecule has 14 heavy (non-hydrogen) atoms. The number of aryl methyl sites for hydroxylation is 1. The first-order chi connectivity index (χ1) is 6.50. The molecule has 0 atom stereocenters. The van der Waals surface area contributed by atoms with Crippen LogP contribution in [0.4, 0.5) is 0 Å². The van der Waals surface area contributed by atoms with E-state index in [1.54, 1.807) is 31.2 Å². The third-order valence-corrected chi connectivity index (χ3v) is 1.94. The molecule has 74 valence electrons. The lowest BCUT2D eigenvalue weighted by molar-refractivity contribution is -0.132. The number of aliphatic carboxylic acids is 1. The van der Waals surface area contributed by atoms with Gasteiger partial charge in [0.1, 0.15) is 5.75 Å². The van der Waals surface area contributed by atoms with Crippen LogP contribution in [-0.2, 0) is 4.79 Å². The van der Waals surface area contributed by atoms with Crippen molar-refractivity contribution in [3.05, 3.63) is 34.9 Å². The molecular formula is C11H12O3. The summed E-state index contributed by atoms with van der Waals surface area (Å²) in [4.78, 5) is 10.5. The molecule has 0 spiro atoms. The molecule has 3 heteroatoms. The first-order valence-electron chi connectivity index (χ1n) is 4.22. The van der Waals surface area contributed by atoms with Crippen molar-refractivity contribution < 1.29 is 15.0 Å². The Morgan fingerprint density at radius 1 is 1.43 bits per heavy atom. The number of phenolic OH excluding ortho intramolecular Hbond substituents is 1. The number of carbonyl (C=O) groups is 1. The van der Waals surface area contributed by atoms with Gasteiger partial charge in [0.25, 0.3) is 0 Å². The van der Waals surface area contributed by atoms with Crippen LogP contribution in [0.25, 0.3) is 6.08 Å². The second kappa shape index (κ2) is 3.96. The molecule has 1 rings (SSSR count). The summed E-state index contributed by atoms with van der Waals surface area (Å²) < 4.78 is 0. The molecule has 0 amide bonds. The standard InChI is InChI=1S/C11H12O3/c1-7-5-9(3-4-10(7)12)6-8(2)11(13)14/h3-6,12H,1-2H3,(H,13,14)/b8-6+. The van der Waals surface area contributed by atoms with E-state index < -0.39 is 5.97 Å². The summed E-state index contributed by atoms with van der Waals surface area (Å²) >= 11 is 0. The Kier molecular flexibility index (Phi) is 2.92. The van der Waals surface area contributed by atoms with Gasteiger partial charge in [-0.1, -0.05) is 6.07 Å². The fourth-order valence-electron chi connectivity index (χ4n) is 1.08. The first kappa shape index (κ1) is 10.3. The van der Waals surface area contributed by atoms with Gasteiger partial charge in [0.05, 0.1) is 0 Å². The van der Waals surface area contributed by atoms with E-state index in [2.05, 4.69) is 0 Å². The van der Waals surface area contributed by atoms with Crippen LogP contribution in [0, 0.1) is 6.92 Å². The van der Waals surface area contributed by atoms with Gasteiger partial charge >= 0.3 is 5.97 Å². The maximum Gasteiger partial charge on any atom is 0.331 e. The minimum absolute atomic E-state index is 0.218. The zero-order valence-electron chi connectivity index (χ0n) is 8.11. The average Bonchev–Trinajstić information content (AvgIpc) is 2.11. The number of hydrogen-bond donors (Lipinski definition) is 2. The van der Waals surface area contributed by atoms with Crippen LogP contribution in [0.15, 0.2) is 23.8 Å². The Hall–Kier alpha value is -1.77. The lowest BCUT2D eigenvalue weighted by Crippen LogP contribution is -1.95. The van der Waals surface area contributed by atoms with Crippen LogP contribution in [0.5, 0.6) is 5.75 Å². The molecule has 0 unspecified atom stereocenters. The van der Waals surface area contributed by atoms with E-state index >= 15 is 0 Å². The lowest BCUT2D eigenvalue weighted by Gasteiger charge is -2.00. The number of aromatic hydroxyl groups is 1. The number of carboxylic acid groups (broad SMARTS) is 1. The number of phenols is 1. The van der Waals surface area contributed by atoms with Crippen LogP contribution < -0.4 is 0 Å². The fraction of sp³-hybridized carbons (Fsp3) is 0.182. The SMILES string of the molecule is C/C(=C\c1ccc(O)c(C)c1)C(=O)O. The summed E-state index contributed by atoms with van der Waals surface area (Å²) in [6.07, 6.45) is 1.56. The quantitative estimate of drug-likeness (QED) is 0.706. The van der Waals surface area contributed by atoms with E-state index in [1.165, 1.54) is 6.92 Å². The molecule has 0 aliphatic carbocycles. The number of carboxylic acids is 1. The Morgan fingerprint density at radius 2 is 2.07 bits per heavy atom. The largest absolute Gasteiger partial charge is 0.508 e. The number of hydrogen-bond acceptors (Lipinski definition) is 2. The summed E-state index contributed by atoms with van der Waals surface area (Å²) in [5, 5.41) is 17.9. The number of benzene rings is 1. The zero-order chi connectivity index (χ0) is 10.7. The van der Waals surface area contributed by atoms with Gasteiger partial charge < -0.3 is 10.2 Å². The maximum atomic E-state index is 10.5. The highest BCUT2D eigenvalue weighted by molar-refractivity contribution is 5.91. The minimum Gasteiger partial charge on any atom is -0.508 e. The summed E-state index contributed by atoms with van der Waals surface area (Å²) in [7, 11) is 0. The van der Waals surface area contributed by atoms with Crippen molar-refractivity contribution >= 4 is 12.0 Å². The van der Waals surface area contributed by atoms with Crippen LogP contribution in [0.1, 0.15) is 18.1 Å². The van der Waals surface area contributed by atoms with Crippen LogP contribution in [0.3, 0.4) is 0 Å². The molecule has 1 aromatic carbocycles. The molecule has 0 bridgehead atoms. The van der Waals surface area contributed by atoms with Crippen molar-refractivity contribution in [3.8, 4) is 5.75 Å². The second-order valence-electron chi connectivity index (χ2n) is 3.18.